The van der Waals surface area contributed by atoms with Crippen LogP contribution in [0.2, 0.25) is 0 Å². The van der Waals surface area contributed by atoms with E-state index in [2.05, 4.69) is 34.6 Å². The average molecular weight is 492 g/mol. The number of benzene rings is 2. The zero-order valence-electron chi connectivity index (χ0n) is 19.2. The van der Waals surface area contributed by atoms with E-state index in [-0.39, 0.29) is 35.8 Å². The third-order valence-electron chi connectivity index (χ3n) is 7.05. The normalized spacial score (nSPS) is 18.7. The third kappa shape index (κ3) is 4.16. The number of hydrogen-bond donors (Lipinski definition) is 2. The number of nitrogens with one attached hydrogen (secondary N) is 1. The Kier molecular flexibility index (Phi) is 6.02. The first-order valence-corrected chi connectivity index (χ1v) is 12.4. The van der Waals surface area contributed by atoms with E-state index < -0.39 is 17.5 Å². The van der Waals surface area contributed by atoms with Gasteiger partial charge in [0.05, 0.1) is 5.41 Å². The van der Waals surface area contributed by atoms with Crippen molar-refractivity contribution in [3.05, 3.63) is 70.7 Å². The fraction of sp³-hybridized carbons (Fsp3) is 0.308. The monoisotopic (exact) mass is 491 g/mol. The molecule has 5 rings (SSSR count). The summed E-state index contributed by atoms with van der Waals surface area (Å²) in [6.45, 7) is 2.52. The van der Waals surface area contributed by atoms with Crippen LogP contribution < -0.4 is 5.32 Å². The Morgan fingerprint density at radius 3 is 2.40 bits per heavy atom. The van der Waals surface area contributed by atoms with Crippen LogP contribution in [0.1, 0.15) is 47.3 Å². The number of anilines is 1. The summed E-state index contributed by atoms with van der Waals surface area (Å²) in [5.41, 5.74) is 3.82. The molecule has 1 aliphatic heterocycles. The lowest BCUT2D eigenvalue weighted by molar-refractivity contribution is -0.148. The van der Waals surface area contributed by atoms with Crippen molar-refractivity contribution in [2.45, 2.75) is 25.7 Å². The predicted octanol–water partition coefficient (Wildman–Crippen LogP) is 4.83. The second-order valence-corrected chi connectivity index (χ2v) is 9.76. The number of fused-ring (bicyclic) bond motifs is 3. The van der Waals surface area contributed by atoms with Gasteiger partial charge in [-0.3, -0.25) is 14.9 Å². The van der Waals surface area contributed by atoms with Gasteiger partial charge in [0, 0.05) is 24.4 Å². The van der Waals surface area contributed by atoms with Crippen molar-refractivity contribution in [1.82, 2.24) is 9.88 Å². The van der Waals surface area contributed by atoms with E-state index in [1.807, 2.05) is 31.2 Å². The number of thiazole rings is 1. The molecule has 1 unspecified atom stereocenters. The van der Waals surface area contributed by atoms with E-state index in [1.54, 1.807) is 5.38 Å². The fourth-order valence-electron chi connectivity index (χ4n) is 4.97. The number of ether oxygens (including phenoxy) is 1. The van der Waals surface area contributed by atoms with Crippen molar-refractivity contribution in [3.63, 3.8) is 0 Å². The number of nitrogens with zero attached hydrogens (tertiary/aromatic N) is 2. The molecular formula is C26H25N3O5S. The van der Waals surface area contributed by atoms with Gasteiger partial charge in [-0.1, -0.05) is 55.5 Å². The van der Waals surface area contributed by atoms with Gasteiger partial charge >= 0.3 is 12.1 Å². The maximum Gasteiger partial charge on any atom is 0.413 e. The smallest absolute Gasteiger partial charge is 0.413 e. The van der Waals surface area contributed by atoms with E-state index >= 15 is 0 Å². The average Bonchev–Trinajstić information content (AvgIpc) is 3.59. The summed E-state index contributed by atoms with van der Waals surface area (Å²) in [6, 6.07) is 16.2. The molecule has 1 saturated heterocycles. The van der Waals surface area contributed by atoms with Gasteiger partial charge in [0.25, 0.3) is 5.91 Å². The van der Waals surface area contributed by atoms with Crippen LogP contribution in [0.3, 0.4) is 0 Å². The zero-order valence-corrected chi connectivity index (χ0v) is 20.0. The number of rotatable bonds is 6. The summed E-state index contributed by atoms with van der Waals surface area (Å²) in [5, 5.41) is 14.0. The van der Waals surface area contributed by atoms with Gasteiger partial charge < -0.3 is 14.7 Å². The lowest BCUT2D eigenvalue weighted by Gasteiger charge is -2.22. The molecule has 0 spiro atoms. The van der Waals surface area contributed by atoms with Crippen LogP contribution in [0.5, 0.6) is 0 Å². The van der Waals surface area contributed by atoms with E-state index in [0.29, 0.717) is 19.4 Å². The highest BCUT2D eigenvalue weighted by Gasteiger charge is 2.45. The molecular weight excluding hydrogens is 466 g/mol. The van der Waals surface area contributed by atoms with Gasteiger partial charge in [0.1, 0.15) is 12.3 Å². The van der Waals surface area contributed by atoms with Crippen molar-refractivity contribution in [3.8, 4) is 11.1 Å². The van der Waals surface area contributed by atoms with Crippen molar-refractivity contribution in [2.24, 2.45) is 5.41 Å². The van der Waals surface area contributed by atoms with Crippen LogP contribution >= 0.6 is 11.3 Å². The quantitative estimate of drug-likeness (QED) is 0.511. The van der Waals surface area contributed by atoms with Crippen LogP contribution in [0, 0.1) is 5.41 Å². The number of aliphatic carboxylic acids is 1. The standard InChI is InChI=1S/C26H25N3O5S/c1-2-26(23(31)32)11-12-29(15-26)22(30)21-14-35-24(27-21)28-25(33)34-13-20-18-9-5-3-7-16(18)17-8-4-6-10-19(17)20/h3-10,14,20H,2,11-13,15H2,1H3,(H,31,32)(H,27,28,33). The van der Waals surface area contributed by atoms with Crippen molar-refractivity contribution >= 4 is 34.4 Å². The number of carbonyl (C=O) groups excluding carboxylic acids is 2. The summed E-state index contributed by atoms with van der Waals surface area (Å²) in [6.07, 6.45) is 0.231. The van der Waals surface area contributed by atoms with Crippen LogP contribution in [0.25, 0.3) is 11.1 Å². The number of carboxylic acid groups (broad SMARTS) is 1. The highest BCUT2D eigenvalue weighted by molar-refractivity contribution is 7.14. The molecule has 8 nitrogen and oxygen atoms in total. The molecule has 2 amide bonds. The second-order valence-electron chi connectivity index (χ2n) is 8.90. The summed E-state index contributed by atoms with van der Waals surface area (Å²) in [4.78, 5) is 42.8. The van der Waals surface area contributed by atoms with Crippen LogP contribution in [0.15, 0.2) is 53.9 Å². The van der Waals surface area contributed by atoms with Crippen molar-refractivity contribution < 1.29 is 24.2 Å². The molecule has 2 aromatic carbocycles. The first-order valence-electron chi connectivity index (χ1n) is 11.5. The highest BCUT2D eigenvalue weighted by atomic mass is 32.1. The molecule has 0 bridgehead atoms. The van der Waals surface area contributed by atoms with Gasteiger partial charge in [0.15, 0.2) is 5.13 Å². The minimum Gasteiger partial charge on any atom is -0.481 e. The van der Waals surface area contributed by atoms with E-state index in [9.17, 15) is 19.5 Å². The molecule has 180 valence electrons. The molecule has 1 aromatic heterocycles. The highest BCUT2D eigenvalue weighted by Crippen LogP contribution is 2.44. The molecule has 0 saturated carbocycles. The molecule has 1 aliphatic carbocycles. The lowest BCUT2D eigenvalue weighted by atomic mass is 9.84. The molecule has 0 radical (unpaired) electrons. The maximum atomic E-state index is 12.8. The molecule has 2 N–H and O–H groups in total. The van der Waals surface area contributed by atoms with Crippen LogP contribution in [-0.2, 0) is 9.53 Å². The molecule has 35 heavy (non-hydrogen) atoms. The van der Waals surface area contributed by atoms with Gasteiger partial charge in [-0.15, -0.1) is 11.3 Å². The van der Waals surface area contributed by atoms with Crippen LogP contribution in [-0.4, -0.2) is 52.7 Å². The Bertz CT molecular complexity index is 1260. The van der Waals surface area contributed by atoms with Crippen molar-refractivity contribution in [1.29, 1.82) is 0 Å². The maximum absolute atomic E-state index is 12.8. The molecule has 2 heterocycles. The number of aromatic nitrogens is 1. The van der Waals surface area contributed by atoms with E-state index in [4.69, 9.17) is 4.74 Å². The second kappa shape index (κ2) is 9.14. The minimum absolute atomic E-state index is 0.0511. The molecule has 2 aliphatic rings. The molecule has 1 atom stereocenters. The van der Waals surface area contributed by atoms with Gasteiger partial charge in [0.2, 0.25) is 0 Å². The van der Waals surface area contributed by atoms with Crippen molar-refractivity contribution in [2.75, 3.05) is 25.0 Å². The van der Waals surface area contributed by atoms with Gasteiger partial charge in [-0.25, -0.2) is 9.78 Å². The topological polar surface area (TPSA) is 109 Å². The summed E-state index contributed by atoms with van der Waals surface area (Å²) < 4.78 is 5.54. The first kappa shape index (κ1) is 23.0. The molecule has 1 fully saturated rings. The third-order valence-corrected chi connectivity index (χ3v) is 7.81. The van der Waals surface area contributed by atoms with E-state index in [1.165, 1.54) is 4.90 Å². The van der Waals surface area contributed by atoms with Gasteiger partial charge in [-0.05, 0) is 35.1 Å². The number of likely N-dealkylation sites (tertiary alicyclic amines) is 1. The summed E-state index contributed by atoms with van der Waals surface area (Å²) in [7, 11) is 0. The summed E-state index contributed by atoms with van der Waals surface area (Å²) in [5.74, 6) is -1.27. The number of carboxylic acids is 1. The van der Waals surface area contributed by atoms with Gasteiger partial charge in [-0.2, -0.15) is 0 Å². The predicted molar refractivity (Wildman–Crippen MR) is 132 cm³/mol. The van der Waals surface area contributed by atoms with Crippen LogP contribution in [0.4, 0.5) is 9.93 Å². The minimum atomic E-state index is -0.909. The first-order chi connectivity index (χ1) is 16.9. The fourth-order valence-corrected chi connectivity index (χ4v) is 5.64. The zero-order chi connectivity index (χ0) is 24.6. The number of hydrogen-bond acceptors (Lipinski definition) is 6. The summed E-state index contributed by atoms with van der Waals surface area (Å²) >= 11 is 1.13. The Morgan fingerprint density at radius 1 is 1.14 bits per heavy atom. The number of amides is 2. The Hall–Kier alpha value is -3.72. The Labute approximate surface area is 206 Å². The molecule has 3 aromatic rings. The Morgan fingerprint density at radius 2 is 1.80 bits per heavy atom. The van der Waals surface area contributed by atoms with E-state index in [0.717, 1.165) is 33.6 Å². The molecule has 9 heteroatoms. The largest absolute Gasteiger partial charge is 0.481 e. The lowest BCUT2D eigenvalue weighted by Crippen LogP contribution is -2.36. The number of carbonyl (C=O) groups is 3. The SMILES string of the molecule is CCC1(C(=O)O)CCN(C(=O)c2csc(NC(=O)OCC3c4ccccc4-c4ccccc43)n2)C1. The Balaban J connectivity index is 1.21.